The van der Waals surface area contributed by atoms with Crippen LogP contribution in [0, 0.1) is 10.1 Å². The summed E-state index contributed by atoms with van der Waals surface area (Å²) >= 11 is 0. The SMILES string of the molecule is O=[N+]([O-])c1ccc(NCc2nnc(-c3cc4ccccc4o3)o2)cc1. The average Bonchev–Trinajstić information content (AvgIpc) is 3.26. The minimum Gasteiger partial charge on any atom is -0.451 e. The van der Waals surface area contributed by atoms with Crippen molar-refractivity contribution in [1.29, 1.82) is 0 Å². The van der Waals surface area contributed by atoms with Crippen LogP contribution in [0.25, 0.3) is 22.6 Å². The van der Waals surface area contributed by atoms with Crippen LogP contribution in [0.4, 0.5) is 11.4 Å². The molecule has 0 aliphatic rings. The first-order valence-corrected chi connectivity index (χ1v) is 7.49. The van der Waals surface area contributed by atoms with Crippen LogP contribution in [-0.2, 0) is 6.54 Å². The van der Waals surface area contributed by atoms with E-state index in [1.165, 1.54) is 12.1 Å². The maximum absolute atomic E-state index is 10.6. The number of fused-ring (bicyclic) bond motifs is 1. The number of hydrogen-bond acceptors (Lipinski definition) is 7. The summed E-state index contributed by atoms with van der Waals surface area (Å²) in [6.07, 6.45) is 0. The van der Waals surface area contributed by atoms with E-state index >= 15 is 0 Å². The average molecular weight is 336 g/mol. The van der Waals surface area contributed by atoms with Gasteiger partial charge in [0.05, 0.1) is 11.5 Å². The smallest absolute Gasteiger partial charge is 0.283 e. The Morgan fingerprint density at radius 1 is 1.04 bits per heavy atom. The number of nitro groups is 1. The molecule has 1 N–H and O–H groups in total. The maximum Gasteiger partial charge on any atom is 0.283 e. The topological polar surface area (TPSA) is 107 Å². The molecule has 0 aliphatic heterocycles. The van der Waals surface area contributed by atoms with Gasteiger partial charge in [-0.15, -0.1) is 10.2 Å². The number of aromatic nitrogens is 2. The molecule has 0 amide bonds. The van der Waals surface area contributed by atoms with E-state index in [4.69, 9.17) is 8.83 Å². The van der Waals surface area contributed by atoms with Crippen LogP contribution in [0.1, 0.15) is 5.89 Å². The van der Waals surface area contributed by atoms with E-state index in [0.717, 1.165) is 11.0 Å². The molecule has 2 aromatic carbocycles. The summed E-state index contributed by atoms with van der Waals surface area (Å²) in [7, 11) is 0. The van der Waals surface area contributed by atoms with Crippen molar-refractivity contribution in [2.24, 2.45) is 0 Å². The second-order valence-electron chi connectivity index (χ2n) is 5.31. The third kappa shape index (κ3) is 3.05. The largest absolute Gasteiger partial charge is 0.451 e. The lowest BCUT2D eigenvalue weighted by molar-refractivity contribution is -0.384. The predicted octanol–water partition coefficient (Wildman–Crippen LogP) is 4.00. The first kappa shape index (κ1) is 14.9. The zero-order valence-corrected chi connectivity index (χ0v) is 12.9. The minimum absolute atomic E-state index is 0.0375. The van der Waals surface area contributed by atoms with Crippen LogP contribution in [0.3, 0.4) is 0 Å². The highest BCUT2D eigenvalue weighted by Gasteiger charge is 2.13. The molecule has 0 radical (unpaired) electrons. The number of non-ortho nitro benzene ring substituents is 1. The molecule has 124 valence electrons. The lowest BCUT2D eigenvalue weighted by atomic mass is 10.2. The zero-order valence-electron chi connectivity index (χ0n) is 12.9. The molecule has 2 heterocycles. The van der Waals surface area contributed by atoms with Crippen LogP contribution < -0.4 is 5.32 Å². The summed E-state index contributed by atoms with van der Waals surface area (Å²) in [4.78, 5) is 10.2. The van der Waals surface area contributed by atoms with Gasteiger partial charge in [-0.3, -0.25) is 10.1 Å². The van der Waals surface area contributed by atoms with Gasteiger partial charge in [-0.25, -0.2) is 0 Å². The lowest BCUT2D eigenvalue weighted by Crippen LogP contribution is -1.99. The van der Waals surface area contributed by atoms with Gasteiger partial charge in [0.15, 0.2) is 5.76 Å². The van der Waals surface area contributed by atoms with Crippen molar-refractivity contribution in [3.05, 3.63) is 70.6 Å². The van der Waals surface area contributed by atoms with Crippen molar-refractivity contribution in [3.8, 4) is 11.7 Å². The van der Waals surface area contributed by atoms with E-state index in [1.54, 1.807) is 12.1 Å². The molecular weight excluding hydrogens is 324 g/mol. The van der Waals surface area contributed by atoms with Gasteiger partial charge in [-0.2, -0.15) is 0 Å². The number of nitro benzene ring substituents is 1. The van der Waals surface area contributed by atoms with Gasteiger partial charge in [-0.1, -0.05) is 18.2 Å². The molecule has 0 aliphatic carbocycles. The Morgan fingerprint density at radius 3 is 2.60 bits per heavy atom. The van der Waals surface area contributed by atoms with Crippen molar-refractivity contribution in [3.63, 3.8) is 0 Å². The molecule has 4 rings (SSSR count). The monoisotopic (exact) mass is 336 g/mol. The highest BCUT2D eigenvalue weighted by atomic mass is 16.6. The number of rotatable bonds is 5. The van der Waals surface area contributed by atoms with Gasteiger partial charge in [0.2, 0.25) is 5.89 Å². The van der Waals surface area contributed by atoms with Gasteiger partial charge in [-0.05, 0) is 24.3 Å². The van der Waals surface area contributed by atoms with Gasteiger partial charge in [0.25, 0.3) is 11.6 Å². The van der Waals surface area contributed by atoms with E-state index in [9.17, 15) is 10.1 Å². The fourth-order valence-corrected chi connectivity index (χ4v) is 2.39. The van der Waals surface area contributed by atoms with E-state index in [1.807, 2.05) is 30.3 Å². The Hall–Kier alpha value is -3.68. The summed E-state index contributed by atoms with van der Waals surface area (Å²) in [6.45, 7) is 0.297. The summed E-state index contributed by atoms with van der Waals surface area (Å²) < 4.78 is 11.3. The molecule has 4 aromatic rings. The van der Waals surface area contributed by atoms with E-state index < -0.39 is 4.92 Å². The third-order valence-corrected chi connectivity index (χ3v) is 3.63. The van der Waals surface area contributed by atoms with Gasteiger partial charge in [0, 0.05) is 23.2 Å². The van der Waals surface area contributed by atoms with Crippen molar-refractivity contribution < 1.29 is 13.8 Å². The summed E-state index contributed by atoms with van der Waals surface area (Å²) in [6, 6.07) is 15.6. The first-order chi connectivity index (χ1) is 12.2. The normalized spacial score (nSPS) is 10.9. The van der Waals surface area contributed by atoms with Crippen LogP contribution in [-0.4, -0.2) is 15.1 Å². The van der Waals surface area contributed by atoms with Crippen molar-refractivity contribution in [1.82, 2.24) is 10.2 Å². The number of benzene rings is 2. The van der Waals surface area contributed by atoms with Crippen molar-refractivity contribution in [2.45, 2.75) is 6.54 Å². The van der Waals surface area contributed by atoms with Crippen molar-refractivity contribution in [2.75, 3.05) is 5.32 Å². The van der Waals surface area contributed by atoms with Crippen LogP contribution >= 0.6 is 0 Å². The van der Waals surface area contributed by atoms with E-state index in [2.05, 4.69) is 15.5 Å². The summed E-state index contributed by atoms with van der Waals surface area (Å²) in [5.41, 5.74) is 1.51. The third-order valence-electron chi connectivity index (χ3n) is 3.63. The molecule has 0 spiro atoms. The van der Waals surface area contributed by atoms with Gasteiger partial charge < -0.3 is 14.2 Å². The maximum atomic E-state index is 10.6. The number of nitrogens with zero attached hydrogens (tertiary/aromatic N) is 3. The predicted molar refractivity (Wildman–Crippen MR) is 89.9 cm³/mol. The second kappa shape index (κ2) is 6.08. The molecule has 8 nitrogen and oxygen atoms in total. The van der Waals surface area contributed by atoms with Gasteiger partial charge >= 0.3 is 0 Å². The number of nitrogens with one attached hydrogen (secondary N) is 1. The van der Waals surface area contributed by atoms with Crippen LogP contribution in [0.15, 0.2) is 63.4 Å². The standard InChI is InChI=1S/C17H12N4O4/c22-21(23)13-7-5-12(6-8-13)18-10-16-19-20-17(25-16)15-9-11-3-1-2-4-14(11)24-15/h1-9,18H,10H2. The number of anilines is 1. The molecule has 0 fully saturated rings. The minimum atomic E-state index is -0.443. The molecular formula is C17H12N4O4. The number of para-hydroxylation sites is 1. The fraction of sp³-hybridized carbons (Fsp3) is 0.0588. The highest BCUT2D eigenvalue weighted by Crippen LogP contribution is 2.26. The van der Waals surface area contributed by atoms with Gasteiger partial charge in [0.1, 0.15) is 5.58 Å². The van der Waals surface area contributed by atoms with Crippen molar-refractivity contribution >= 4 is 22.3 Å². The molecule has 0 unspecified atom stereocenters. The molecule has 8 heteroatoms. The fourth-order valence-electron chi connectivity index (χ4n) is 2.39. The first-order valence-electron chi connectivity index (χ1n) is 7.49. The number of furan rings is 1. The molecule has 2 aromatic heterocycles. The molecule has 0 atom stereocenters. The number of hydrogen-bond donors (Lipinski definition) is 1. The lowest BCUT2D eigenvalue weighted by Gasteiger charge is -2.02. The Balaban J connectivity index is 1.46. The quantitative estimate of drug-likeness (QED) is 0.433. The Labute approximate surface area is 141 Å². The molecule has 0 bridgehead atoms. The molecule has 25 heavy (non-hydrogen) atoms. The second-order valence-corrected chi connectivity index (χ2v) is 5.31. The summed E-state index contributed by atoms with van der Waals surface area (Å²) in [5.74, 6) is 1.20. The highest BCUT2D eigenvalue weighted by molar-refractivity contribution is 5.81. The van der Waals surface area contributed by atoms with Crippen LogP contribution in [0.5, 0.6) is 0 Å². The zero-order chi connectivity index (χ0) is 17.2. The van der Waals surface area contributed by atoms with E-state index in [0.29, 0.717) is 29.8 Å². The molecule has 0 saturated heterocycles. The Kier molecular flexibility index (Phi) is 3.62. The Bertz CT molecular complexity index is 1000. The Morgan fingerprint density at radius 2 is 1.84 bits per heavy atom. The van der Waals surface area contributed by atoms with E-state index in [-0.39, 0.29) is 5.69 Å². The summed E-state index contributed by atoms with van der Waals surface area (Å²) in [5, 5.41) is 22.6. The van der Waals surface area contributed by atoms with Crippen LogP contribution in [0.2, 0.25) is 0 Å². The molecule has 0 saturated carbocycles.